The standard InChI is InChI=1S/C26H29I2NO/c1-4-7-18-9-13-20(14-10-18)22(27)25-26(30)23(28)24(29(25)17-6-3)21-15-11-19(8-5-2)12-16-21/h9-16H,4-8,17H2,1-3H3/b25-22+. The first-order chi connectivity index (χ1) is 14.5. The van der Waals surface area contributed by atoms with Crippen molar-refractivity contribution in [3.63, 3.8) is 0 Å². The van der Waals surface area contributed by atoms with E-state index in [0.29, 0.717) is 0 Å². The van der Waals surface area contributed by atoms with E-state index >= 15 is 0 Å². The summed E-state index contributed by atoms with van der Waals surface area (Å²) < 4.78 is 1.84. The number of halogens is 2. The summed E-state index contributed by atoms with van der Waals surface area (Å²) in [5.41, 5.74) is 6.80. The highest BCUT2D eigenvalue weighted by molar-refractivity contribution is 14.1. The zero-order valence-electron chi connectivity index (χ0n) is 18.0. The summed E-state index contributed by atoms with van der Waals surface area (Å²) in [4.78, 5) is 15.6. The van der Waals surface area contributed by atoms with Gasteiger partial charge in [0.2, 0.25) is 5.78 Å². The van der Waals surface area contributed by atoms with Gasteiger partial charge in [-0.1, -0.05) is 82.1 Å². The summed E-state index contributed by atoms with van der Waals surface area (Å²) in [6, 6.07) is 17.4. The minimum absolute atomic E-state index is 0.138. The fourth-order valence-electron chi connectivity index (χ4n) is 3.87. The van der Waals surface area contributed by atoms with Gasteiger partial charge in [0.05, 0.1) is 9.28 Å². The molecule has 1 aliphatic heterocycles. The van der Waals surface area contributed by atoms with Gasteiger partial charge >= 0.3 is 0 Å². The molecule has 1 aliphatic rings. The van der Waals surface area contributed by atoms with Gasteiger partial charge in [0.15, 0.2) is 0 Å². The maximum absolute atomic E-state index is 13.4. The number of aryl methyl sites for hydroxylation is 2. The Hall–Kier alpha value is -1.15. The van der Waals surface area contributed by atoms with Crippen LogP contribution >= 0.6 is 45.2 Å². The van der Waals surface area contributed by atoms with Gasteiger partial charge in [0.25, 0.3) is 0 Å². The molecular weight excluding hydrogens is 596 g/mol. The molecule has 2 aromatic rings. The van der Waals surface area contributed by atoms with E-state index in [1.165, 1.54) is 11.1 Å². The molecule has 0 fully saturated rings. The lowest BCUT2D eigenvalue weighted by Crippen LogP contribution is -2.21. The molecule has 0 saturated carbocycles. The molecule has 4 heteroatoms. The van der Waals surface area contributed by atoms with Gasteiger partial charge in [-0.2, -0.15) is 0 Å². The highest BCUT2D eigenvalue weighted by Crippen LogP contribution is 2.43. The Morgan fingerprint density at radius 3 is 1.87 bits per heavy atom. The van der Waals surface area contributed by atoms with Crippen molar-refractivity contribution in [1.82, 2.24) is 4.90 Å². The van der Waals surface area contributed by atoms with E-state index in [0.717, 1.165) is 68.3 Å². The van der Waals surface area contributed by atoms with Gasteiger partial charge in [0.1, 0.15) is 5.70 Å². The quantitative estimate of drug-likeness (QED) is 0.221. The maximum Gasteiger partial charge on any atom is 0.218 e. The van der Waals surface area contributed by atoms with Crippen molar-refractivity contribution in [3.8, 4) is 0 Å². The molecule has 0 aromatic heterocycles. The Morgan fingerprint density at radius 2 is 1.37 bits per heavy atom. The summed E-state index contributed by atoms with van der Waals surface area (Å²) in [5.74, 6) is 0.138. The lowest BCUT2D eigenvalue weighted by atomic mass is 10.1. The van der Waals surface area contributed by atoms with E-state index in [1.54, 1.807) is 0 Å². The lowest BCUT2D eigenvalue weighted by molar-refractivity contribution is -0.111. The van der Waals surface area contributed by atoms with E-state index in [-0.39, 0.29) is 5.78 Å². The number of allylic oxidation sites excluding steroid dienone is 1. The van der Waals surface area contributed by atoms with Crippen LogP contribution in [0.2, 0.25) is 0 Å². The zero-order chi connectivity index (χ0) is 21.7. The van der Waals surface area contributed by atoms with Crippen molar-refractivity contribution in [2.75, 3.05) is 6.54 Å². The van der Waals surface area contributed by atoms with Crippen molar-refractivity contribution in [3.05, 3.63) is 80.1 Å². The van der Waals surface area contributed by atoms with Gasteiger partial charge in [-0.3, -0.25) is 4.79 Å². The van der Waals surface area contributed by atoms with Crippen molar-refractivity contribution < 1.29 is 4.79 Å². The minimum Gasteiger partial charge on any atom is -0.336 e. The van der Waals surface area contributed by atoms with E-state index in [2.05, 4.69) is 119 Å². The second kappa shape index (κ2) is 10.9. The molecule has 0 saturated heterocycles. The second-order valence-corrected chi connectivity index (χ2v) is 9.86. The van der Waals surface area contributed by atoms with Gasteiger partial charge < -0.3 is 4.90 Å². The Kier molecular flexibility index (Phi) is 8.57. The van der Waals surface area contributed by atoms with Crippen LogP contribution in [0.4, 0.5) is 0 Å². The topological polar surface area (TPSA) is 20.3 Å². The van der Waals surface area contributed by atoms with Gasteiger partial charge in [-0.25, -0.2) is 0 Å². The molecule has 2 aromatic carbocycles. The summed E-state index contributed by atoms with van der Waals surface area (Å²) >= 11 is 4.59. The van der Waals surface area contributed by atoms with Crippen molar-refractivity contribution in [2.24, 2.45) is 0 Å². The number of nitrogens with zero attached hydrogens (tertiary/aromatic N) is 1. The molecule has 30 heavy (non-hydrogen) atoms. The van der Waals surface area contributed by atoms with Gasteiger partial charge in [0, 0.05) is 10.1 Å². The Morgan fingerprint density at radius 1 is 0.833 bits per heavy atom. The van der Waals surface area contributed by atoms with Crippen LogP contribution in [-0.4, -0.2) is 17.2 Å². The molecule has 0 bridgehead atoms. The number of ketones is 1. The molecular formula is C26H29I2NO. The number of carbonyl (C=O) groups excluding carboxylic acids is 1. The van der Waals surface area contributed by atoms with Crippen molar-refractivity contribution in [1.29, 1.82) is 0 Å². The third-order valence-electron chi connectivity index (χ3n) is 5.33. The summed E-state index contributed by atoms with van der Waals surface area (Å²) in [6.07, 6.45) is 5.44. The predicted octanol–water partition coefficient (Wildman–Crippen LogP) is 7.79. The number of hydrogen-bond acceptors (Lipinski definition) is 2. The average molecular weight is 625 g/mol. The van der Waals surface area contributed by atoms with Crippen molar-refractivity contribution in [2.45, 2.75) is 52.9 Å². The third-order valence-corrected chi connectivity index (χ3v) is 7.46. The van der Waals surface area contributed by atoms with Crippen LogP contribution < -0.4 is 0 Å². The van der Waals surface area contributed by atoms with Crippen LogP contribution in [0.25, 0.3) is 9.28 Å². The van der Waals surface area contributed by atoms with Crippen LogP contribution in [0, 0.1) is 0 Å². The molecule has 158 valence electrons. The second-order valence-electron chi connectivity index (χ2n) is 7.70. The highest BCUT2D eigenvalue weighted by atomic mass is 127. The summed E-state index contributed by atoms with van der Waals surface area (Å²) in [7, 11) is 0. The number of Topliss-reactive ketones (excluding diaryl/α,β-unsaturated/α-hetero) is 1. The Bertz CT molecular complexity index is 956. The molecule has 0 amide bonds. The van der Waals surface area contributed by atoms with Crippen LogP contribution in [0.3, 0.4) is 0 Å². The highest BCUT2D eigenvalue weighted by Gasteiger charge is 2.36. The fraction of sp³-hybridized carbons (Fsp3) is 0.346. The first-order valence-electron chi connectivity index (χ1n) is 10.8. The molecule has 3 rings (SSSR count). The number of hydrogen-bond donors (Lipinski definition) is 0. The Balaban J connectivity index is 2.02. The van der Waals surface area contributed by atoms with Crippen LogP contribution in [-0.2, 0) is 17.6 Å². The van der Waals surface area contributed by atoms with Crippen LogP contribution in [0.5, 0.6) is 0 Å². The zero-order valence-corrected chi connectivity index (χ0v) is 22.3. The maximum atomic E-state index is 13.4. The first-order valence-corrected chi connectivity index (χ1v) is 13.0. The monoisotopic (exact) mass is 625 g/mol. The Labute approximate surface area is 208 Å². The molecule has 0 radical (unpaired) electrons. The SMILES string of the molecule is CCCc1ccc(C2=C(I)C(=O)/C(=C(\I)c3ccc(CCC)cc3)N2CCC)cc1. The molecule has 0 spiro atoms. The normalized spacial score (nSPS) is 15.9. The molecule has 0 unspecified atom stereocenters. The predicted molar refractivity (Wildman–Crippen MR) is 145 cm³/mol. The molecule has 0 N–H and O–H groups in total. The number of benzene rings is 2. The van der Waals surface area contributed by atoms with Gasteiger partial charge in [-0.15, -0.1) is 0 Å². The lowest BCUT2D eigenvalue weighted by Gasteiger charge is -2.24. The third kappa shape index (κ3) is 5.01. The van der Waals surface area contributed by atoms with E-state index in [9.17, 15) is 4.79 Å². The smallest absolute Gasteiger partial charge is 0.218 e. The number of rotatable bonds is 8. The van der Waals surface area contributed by atoms with E-state index in [1.807, 2.05) is 0 Å². The van der Waals surface area contributed by atoms with Crippen LogP contribution in [0.1, 0.15) is 62.3 Å². The molecule has 1 heterocycles. The summed E-state index contributed by atoms with van der Waals surface area (Å²) in [6.45, 7) is 7.40. The fourth-order valence-corrected chi connectivity index (χ4v) is 5.63. The first kappa shape index (κ1) is 23.5. The van der Waals surface area contributed by atoms with E-state index < -0.39 is 0 Å². The van der Waals surface area contributed by atoms with Gasteiger partial charge in [-0.05, 0) is 86.7 Å². The largest absolute Gasteiger partial charge is 0.336 e. The molecule has 0 aliphatic carbocycles. The minimum atomic E-state index is 0.138. The number of carbonyl (C=O) groups is 1. The molecule has 2 nitrogen and oxygen atoms in total. The summed E-state index contributed by atoms with van der Waals surface area (Å²) in [5, 5.41) is 0. The average Bonchev–Trinajstić information content (AvgIpc) is 2.99. The van der Waals surface area contributed by atoms with E-state index in [4.69, 9.17) is 0 Å². The van der Waals surface area contributed by atoms with Crippen molar-refractivity contribution >= 4 is 60.2 Å². The molecule has 0 atom stereocenters. The van der Waals surface area contributed by atoms with Crippen LogP contribution in [0.15, 0.2) is 57.8 Å².